The monoisotopic (exact) mass is 499 g/mol. The maximum absolute atomic E-state index is 11.0. The number of hydrogen-bond donors (Lipinski definition) is 1. The number of piperidine rings is 1. The second-order valence-electron chi connectivity index (χ2n) is 10.1. The second-order valence-corrected chi connectivity index (χ2v) is 10.1. The molecule has 1 aromatic heterocycles. The molecule has 3 aromatic carbocycles. The van der Waals surface area contributed by atoms with Crippen molar-refractivity contribution in [2.24, 2.45) is 0 Å². The van der Waals surface area contributed by atoms with Crippen LogP contribution in [0, 0.1) is 0 Å². The molecule has 194 valence electrons. The van der Waals surface area contributed by atoms with Gasteiger partial charge in [-0.3, -0.25) is 9.80 Å². The molecule has 0 aliphatic carbocycles. The number of benzene rings is 3. The molecule has 6 heteroatoms. The number of fused-ring (bicyclic) bond motifs is 1. The van der Waals surface area contributed by atoms with Gasteiger partial charge in [0.15, 0.2) is 0 Å². The van der Waals surface area contributed by atoms with Crippen LogP contribution in [0.4, 0.5) is 5.69 Å². The summed E-state index contributed by atoms with van der Waals surface area (Å²) in [6.45, 7) is 7.71. The van der Waals surface area contributed by atoms with E-state index >= 15 is 0 Å². The summed E-state index contributed by atoms with van der Waals surface area (Å²) in [5.41, 5.74) is 5.45. The standard InChI is InChI=1S/C31H35N3O2.H2O/c35-27-14-15-28-31(26(27)22-32-16-8-3-9-17-32)30(24-10-4-1-5-11-24)29(36-28)23-33-18-20-34(21-19-33)25-12-6-2-7-13-25;/h1-2,4-7,10-15,35H,3,8-9,16-23H2;1H2. The summed E-state index contributed by atoms with van der Waals surface area (Å²) in [5.74, 6) is 1.36. The summed E-state index contributed by atoms with van der Waals surface area (Å²) in [7, 11) is 0. The van der Waals surface area contributed by atoms with Crippen LogP contribution in [-0.4, -0.2) is 59.7 Å². The predicted molar refractivity (Wildman–Crippen MR) is 150 cm³/mol. The fourth-order valence-corrected chi connectivity index (χ4v) is 5.83. The van der Waals surface area contributed by atoms with Crippen LogP contribution >= 0.6 is 0 Å². The SMILES string of the molecule is O.Oc1ccc2oc(CN3CCN(c4ccccc4)CC3)c(-c3ccccc3)c2c1CN1CCCCC1. The minimum Gasteiger partial charge on any atom is -0.508 e. The summed E-state index contributed by atoms with van der Waals surface area (Å²) in [4.78, 5) is 7.43. The van der Waals surface area contributed by atoms with Crippen LogP contribution in [0.3, 0.4) is 0 Å². The van der Waals surface area contributed by atoms with E-state index in [0.717, 1.165) is 85.8 Å². The van der Waals surface area contributed by atoms with Gasteiger partial charge in [-0.1, -0.05) is 55.0 Å². The molecule has 0 unspecified atom stereocenters. The second kappa shape index (κ2) is 11.4. The summed E-state index contributed by atoms with van der Waals surface area (Å²) in [6, 6.07) is 25.0. The van der Waals surface area contributed by atoms with Crippen LogP contribution in [0.2, 0.25) is 0 Å². The lowest BCUT2D eigenvalue weighted by molar-refractivity contribution is 0.219. The van der Waals surface area contributed by atoms with Crippen molar-refractivity contribution < 1.29 is 15.0 Å². The Morgan fingerprint density at radius 1 is 0.676 bits per heavy atom. The van der Waals surface area contributed by atoms with Gasteiger partial charge in [-0.05, 0) is 55.8 Å². The first-order valence-electron chi connectivity index (χ1n) is 13.3. The Balaban J connectivity index is 0.00000280. The van der Waals surface area contributed by atoms with Gasteiger partial charge in [0, 0.05) is 54.9 Å². The van der Waals surface area contributed by atoms with E-state index in [0.29, 0.717) is 5.75 Å². The number of likely N-dealkylation sites (tertiary alicyclic amines) is 1. The van der Waals surface area contributed by atoms with E-state index in [-0.39, 0.29) is 5.48 Å². The number of phenols is 1. The quantitative estimate of drug-likeness (QED) is 0.390. The zero-order valence-corrected chi connectivity index (χ0v) is 21.4. The number of phenolic OH excluding ortho intramolecular Hbond substituents is 1. The van der Waals surface area contributed by atoms with Gasteiger partial charge in [-0.2, -0.15) is 0 Å². The van der Waals surface area contributed by atoms with Gasteiger partial charge in [0.05, 0.1) is 6.54 Å². The molecule has 2 fully saturated rings. The van der Waals surface area contributed by atoms with Gasteiger partial charge in [0.25, 0.3) is 0 Å². The molecule has 3 N–H and O–H groups in total. The molecule has 6 nitrogen and oxygen atoms in total. The molecule has 3 heterocycles. The normalized spacial score (nSPS) is 17.1. The minimum atomic E-state index is 0. The van der Waals surface area contributed by atoms with E-state index in [2.05, 4.69) is 75.4 Å². The summed E-state index contributed by atoms with van der Waals surface area (Å²) < 4.78 is 6.57. The number of furan rings is 1. The Morgan fingerprint density at radius 2 is 1.32 bits per heavy atom. The van der Waals surface area contributed by atoms with Crippen molar-refractivity contribution in [2.75, 3.05) is 44.2 Å². The van der Waals surface area contributed by atoms with Gasteiger partial charge >= 0.3 is 0 Å². The maximum atomic E-state index is 11.0. The average Bonchev–Trinajstić information content (AvgIpc) is 3.30. The highest BCUT2D eigenvalue weighted by Crippen LogP contribution is 2.41. The van der Waals surface area contributed by atoms with Crippen molar-refractivity contribution in [3.8, 4) is 16.9 Å². The molecule has 0 radical (unpaired) electrons. The average molecular weight is 500 g/mol. The lowest BCUT2D eigenvalue weighted by Crippen LogP contribution is -2.45. The molecule has 2 saturated heterocycles. The van der Waals surface area contributed by atoms with Crippen LogP contribution in [0.25, 0.3) is 22.1 Å². The largest absolute Gasteiger partial charge is 0.508 e. The lowest BCUT2D eigenvalue weighted by atomic mass is 9.96. The zero-order chi connectivity index (χ0) is 24.3. The highest BCUT2D eigenvalue weighted by atomic mass is 16.3. The minimum absolute atomic E-state index is 0. The van der Waals surface area contributed by atoms with Gasteiger partial charge in [0.1, 0.15) is 17.1 Å². The van der Waals surface area contributed by atoms with E-state index < -0.39 is 0 Å². The van der Waals surface area contributed by atoms with Gasteiger partial charge in [0.2, 0.25) is 0 Å². The number of aromatic hydroxyl groups is 1. The fourth-order valence-electron chi connectivity index (χ4n) is 5.83. The molecule has 2 aliphatic heterocycles. The number of piperazine rings is 1. The van der Waals surface area contributed by atoms with Crippen molar-refractivity contribution >= 4 is 16.7 Å². The molecular weight excluding hydrogens is 462 g/mol. The summed E-state index contributed by atoms with van der Waals surface area (Å²) in [6.07, 6.45) is 3.76. The van der Waals surface area contributed by atoms with Crippen LogP contribution < -0.4 is 4.90 Å². The third kappa shape index (κ3) is 5.37. The molecule has 0 bridgehead atoms. The number of hydrogen-bond acceptors (Lipinski definition) is 5. The molecule has 6 rings (SSSR count). The Kier molecular flexibility index (Phi) is 7.79. The van der Waals surface area contributed by atoms with E-state index in [4.69, 9.17) is 4.42 Å². The van der Waals surface area contributed by atoms with Crippen molar-refractivity contribution in [2.45, 2.75) is 32.4 Å². The first-order valence-corrected chi connectivity index (χ1v) is 13.3. The number of nitrogens with zero attached hydrogens (tertiary/aromatic N) is 3. The van der Waals surface area contributed by atoms with Crippen LogP contribution in [-0.2, 0) is 13.1 Å². The molecule has 0 amide bonds. The third-order valence-corrected chi connectivity index (χ3v) is 7.77. The highest BCUT2D eigenvalue weighted by molar-refractivity contribution is 5.99. The highest BCUT2D eigenvalue weighted by Gasteiger charge is 2.25. The number of anilines is 1. The van der Waals surface area contributed by atoms with Gasteiger partial charge in [-0.25, -0.2) is 0 Å². The predicted octanol–water partition coefficient (Wildman–Crippen LogP) is 5.29. The van der Waals surface area contributed by atoms with Crippen LogP contribution in [0.1, 0.15) is 30.6 Å². The van der Waals surface area contributed by atoms with Crippen molar-refractivity contribution in [1.29, 1.82) is 0 Å². The molecule has 4 aromatic rings. The Bertz CT molecular complexity index is 1290. The number of para-hydroxylation sites is 1. The fraction of sp³-hybridized carbons (Fsp3) is 0.355. The first-order chi connectivity index (χ1) is 17.8. The van der Waals surface area contributed by atoms with E-state index in [9.17, 15) is 5.11 Å². The van der Waals surface area contributed by atoms with Crippen molar-refractivity contribution in [3.63, 3.8) is 0 Å². The van der Waals surface area contributed by atoms with Crippen LogP contribution in [0.15, 0.2) is 77.2 Å². The van der Waals surface area contributed by atoms with Crippen molar-refractivity contribution in [1.82, 2.24) is 9.80 Å². The maximum Gasteiger partial charge on any atom is 0.135 e. The van der Waals surface area contributed by atoms with E-state index in [1.165, 1.54) is 24.9 Å². The Hall–Kier alpha value is -3.32. The molecular formula is C31H37N3O3. The van der Waals surface area contributed by atoms with Gasteiger partial charge < -0.3 is 19.9 Å². The third-order valence-electron chi connectivity index (χ3n) is 7.77. The molecule has 0 spiro atoms. The number of rotatable bonds is 6. The zero-order valence-electron chi connectivity index (χ0n) is 21.4. The Labute approximate surface area is 219 Å². The Morgan fingerprint density at radius 3 is 2.03 bits per heavy atom. The van der Waals surface area contributed by atoms with E-state index in [1.807, 2.05) is 12.1 Å². The van der Waals surface area contributed by atoms with Gasteiger partial charge in [-0.15, -0.1) is 0 Å². The molecule has 2 aliphatic rings. The molecule has 37 heavy (non-hydrogen) atoms. The molecule has 0 saturated carbocycles. The van der Waals surface area contributed by atoms with E-state index in [1.54, 1.807) is 0 Å². The first kappa shape index (κ1) is 25.3. The van der Waals surface area contributed by atoms with Crippen LogP contribution in [0.5, 0.6) is 5.75 Å². The smallest absolute Gasteiger partial charge is 0.135 e. The summed E-state index contributed by atoms with van der Waals surface area (Å²) in [5, 5.41) is 12.1. The summed E-state index contributed by atoms with van der Waals surface area (Å²) >= 11 is 0. The topological polar surface area (TPSA) is 74.6 Å². The lowest BCUT2D eigenvalue weighted by Gasteiger charge is -2.35. The molecule has 0 atom stereocenters. The van der Waals surface area contributed by atoms with Crippen molar-refractivity contribution in [3.05, 3.63) is 84.1 Å².